The van der Waals surface area contributed by atoms with Crippen molar-refractivity contribution in [2.75, 3.05) is 9.80 Å². The van der Waals surface area contributed by atoms with Gasteiger partial charge in [0.2, 0.25) is 11.4 Å². The number of rotatable bonds is 6. The molecule has 7 nitrogen and oxygen atoms in total. The standard InChI is InChI=1S/C85H59N5O2/c1-83(2,3)52-35-39-54(40-36-52)88(74-31-17-25-62-60-23-15-28-70(86-7)79(60)91-81(62)74)56-43-46-72-64(47-56)65-48-57(89(55-41-37-53(38-42-55)84(4,5)6)75-32-18-26-63-61-24-16-29-71(87-8)80(61)92-82(63)75)49-69-78(65)90(72)73-30-14-13-27-66(73)85(69)67-44-33-50-19-9-11-21-58(50)76(67)77-59-22-12-10-20-51(59)34-45-68(77)85/h9-49H,1-6H3. The molecule has 1 aliphatic heterocycles. The van der Waals surface area contributed by atoms with Crippen molar-refractivity contribution in [1.29, 1.82) is 0 Å². The predicted octanol–water partition coefficient (Wildman–Crippen LogP) is 24.2. The van der Waals surface area contributed by atoms with Gasteiger partial charge in [-0.25, -0.2) is 9.69 Å². The second-order valence-electron chi connectivity index (χ2n) is 26.9. The molecule has 0 atom stereocenters. The molecule has 7 heteroatoms. The fourth-order valence-corrected chi connectivity index (χ4v) is 15.7. The SMILES string of the molecule is [C-]#[N+]c1cccc2c1oc1c(N(c3ccc(C(C)(C)C)cc3)c3ccc4c(c3)c3cc(N(c5ccc(C(C)(C)C)cc5)c5cccc6c5oc5c([N+]#[C-])cccc56)cc5c3n4-c3ccccc3C53c4ccc5ccccc5c4-c4c3ccc3ccccc43)cccc12. The summed E-state index contributed by atoms with van der Waals surface area (Å²) in [5.74, 6) is 0. The van der Waals surface area contributed by atoms with Crippen molar-refractivity contribution >= 4 is 133 Å². The highest BCUT2D eigenvalue weighted by atomic mass is 16.3. The Morgan fingerprint density at radius 3 is 1.33 bits per heavy atom. The minimum absolute atomic E-state index is 0.0754. The molecule has 3 aromatic heterocycles. The number of nitrogens with zero attached hydrogens (tertiary/aromatic N) is 5. The predicted molar refractivity (Wildman–Crippen MR) is 381 cm³/mol. The molecule has 4 heterocycles. The molecule has 2 aliphatic rings. The van der Waals surface area contributed by atoms with Gasteiger partial charge in [0.25, 0.3) is 0 Å². The molecular formula is C85H59N5O2. The van der Waals surface area contributed by atoms with Crippen LogP contribution in [0.25, 0.3) is 114 Å². The van der Waals surface area contributed by atoms with Crippen LogP contribution in [0.3, 0.4) is 0 Å². The van der Waals surface area contributed by atoms with E-state index in [0.717, 1.165) is 88.7 Å². The summed E-state index contributed by atoms with van der Waals surface area (Å²) in [6.45, 7) is 30.0. The van der Waals surface area contributed by atoms with E-state index < -0.39 is 5.41 Å². The van der Waals surface area contributed by atoms with Gasteiger partial charge in [0.15, 0.2) is 11.2 Å². The summed E-state index contributed by atoms with van der Waals surface area (Å²) in [6.07, 6.45) is 0. The van der Waals surface area contributed by atoms with Gasteiger partial charge in [0, 0.05) is 55.1 Å². The highest BCUT2D eigenvalue weighted by Gasteiger charge is 2.52. The van der Waals surface area contributed by atoms with Crippen molar-refractivity contribution in [2.24, 2.45) is 0 Å². The smallest absolute Gasteiger partial charge is 0.229 e. The van der Waals surface area contributed by atoms with E-state index in [2.05, 4.69) is 290 Å². The second kappa shape index (κ2) is 19.2. The number of para-hydroxylation sites is 5. The quantitative estimate of drug-likeness (QED) is 0.156. The maximum absolute atomic E-state index is 8.27. The summed E-state index contributed by atoms with van der Waals surface area (Å²) in [7, 11) is 0. The van der Waals surface area contributed by atoms with Crippen LogP contribution in [0.4, 0.5) is 45.5 Å². The fourth-order valence-electron chi connectivity index (χ4n) is 15.7. The van der Waals surface area contributed by atoms with E-state index in [-0.39, 0.29) is 10.8 Å². The molecule has 1 aliphatic carbocycles. The Labute approximate surface area is 532 Å². The van der Waals surface area contributed by atoms with E-state index in [0.29, 0.717) is 33.7 Å². The molecule has 13 aromatic carbocycles. The van der Waals surface area contributed by atoms with E-state index in [1.807, 2.05) is 24.3 Å². The Balaban J connectivity index is 1.00. The lowest BCUT2D eigenvalue weighted by molar-refractivity contribution is 0.590. The van der Waals surface area contributed by atoms with Crippen molar-refractivity contribution in [3.05, 3.63) is 305 Å². The van der Waals surface area contributed by atoms with Crippen LogP contribution in [-0.4, -0.2) is 4.57 Å². The van der Waals surface area contributed by atoms with Crippen molar-refractivity contribution in [3.63, 3.8) is 0 Å². The van der Waals surface area contributed by atoms with Gasteiger partial charge in [-0.15, -0.1) is 0 Å². The van der Waals surface area contributed by atoms with Gasteiger partial charge in [-0.3, -0.25) is 0 Å². The molecule has 92 heavy (non-hydrogen) atoms. The summed E-state index contributed by atoms with van der Waals surface area (Å²) < 4.78 is 16.6. The average molecular weight is 1180 g/mol. The molecule has 0 unspecified atom stereocenters. The first-order chi connectivity index (χ1) is 44.8. The minimum Gasteiger partial charge on any atom is -0.465 e. The minimum atomic E-state index is -0.837. The number of hydrogen-bond donors (Lipinski definition) is 0. The second-order valence-corrected chi connectivity index (χ2v) is 26.9. The van der Waals surface area contributed by atoms with Crippen molar-refractivity contribution in [2.45, 2.75) is 57.8 Å². The van der Waals surface area contributed by atoms with Crippen LogP contribution in [0, 0.1) is 13.1 Å². The molecule has 0 saturated carbocycles. The normalized spacial score (nSPS) is 13.2. The number of aromatic nitrogens is 1. The Hall–Kier alpha value is -11.6. The number of furan rings is 2. The van der Waals surface area contributed by atoms with Gasteiger partial charge in [0.05, 0.1) is 46.7 Å². The maximum atomic E-state index is 8.27. The molecule has 0 amide bonds. The molecule has 0 N–H and O–H groups in total. The zero-order valence-electron chi connectivity index (χ0n) is 51.7. The Bertz CT molecular complexity index is 5860. The molecule has 0 bridgehead atoms. The van der Waals surface area contributed by atoms with Crippen LogP contribution in [0.2, 0.25) is 0 Å². The molecule has 0 fully saturated rings. The number of anilines is 6. The van der Waals surface area contributed by atoms with E-state index in [1.54, 1.807) is 0 Å². The van der Waals surface area contributed by atoms with Crippen molar-refractivity contribution in [3.8, 4) is 16.8 Å². The third-order valence-electron chi connectivity index (χ3n) is 19.9. The largest absolute Gasteiger partial charge is 0.465 e. The van der Waals surface area contributed by atoms with Crippen molar-refractivity contribution < 1.29 is 8.83 Å². The summed E-state index contributed by atoms with van der Waals surface area (Å²) in [6, 6.07) is 90.8. The Kier molecular flexibility index (Phi) is 11.1. The van der Waals surface area contributed by atoms with Gasteiger partial charge in [-0.1, -0.05) is 217 Å². The van der Waals surface area contributed by atoms with Crippen LogP contribution in [0.1, 0.15) is 74.9 Å². The topological polar surface area (TPSA) is 46.4 Å². The van der Waals surface area contributed by atoms with Gasteiger partial charge in [-0.2, -0.15) is 0 Å². The zero-order chi connectivity index (χ0) is 62.1. The van der Waals surface area contributed by atoms with E-state index in [9.17, 15) is 0 Å². The van der Waals surface area contributed by atoms with Crippen molar-refractivity contribution in [1.82, 2.24) is 4.57 Å². The highest BCUT2D eigenvalue weighted by molar-refractivity contribution is 6.20. The summed E-state index contributed by atoms with van der Waals surface area (Å²) in [5.41, 5.74) is 21.2. The number of hydrogen-bond acceptors (Lipinski definition) is 4. The zero-order valence-corrected chi connectivity index (χ0v) is 51.7. The third-order valence-corrected chi connectivity index (χ3v) is 19.9. The van der Waals surface area contributed by atoms with E-state index in [1.165, 1.54) is 60.5 Å². The molecule has 436 valence electrons. The highest BCUT2D eigenvalue weighted by Crippen LogP contribution is 2.64. The average Bonchev–Trinajstić information content (AvgIpc) is 1.47. The van der Waals surface area contributed by atoms with E-state index >= 15 is 0 Å². The van der Waals surface area contributed by atoms with Crippen LogP contribution in [0.5, 0.6) is 0 Å². The lowest BCUT2D eigenvalue weighted by Gasteiger charge is -2.40. The molecule has 1 spiro atoms. The van der Waals surface area contributed by atoms with Gasteiger partial charge in [-0.05, 0) is 150 Å². The van der Waals surface area contributed by atoms with Gasteiger partial charge >= 0.3 is 0 Å². The van der Waals surface area contributed by atoms with Crippen LogP contribution in [-0.2, 0) is 16.2 Å². The first-order valence-electron chi connectivity index (χ1n) is 31.5. The maximum Gasteiger partial charge on any atom is 0.229 e. The fraction of sp³-hybridized carbons (Fsp3) is 0.106. The van der Waals surface area contributed by atoms with E-state index in [4.69, 9.17) is 22.0 Å². The Morgan fingerprint density at radius 1 is 0.359 bits per heavy atom. The first-order valence-corrected chi connectivity index (χ1v) is 31.5. The molecule has 0 radical (unpaired) electrons. The van der Waals surface area contributed by atoms with Gasteiger partial charge < -0.3 is 23.2 Å². The summed E-state index contributed by atoms with van der Waals surface area (Å²) in [5, 5.41) is 10.7. The Morgan fingerprint density at radius 2 is 0.804 bits per heavy atom. The summed E-state index contributed by atoms with van der Waals surface area (Å²) >= 11 is 0. The van der Waals surface area contributed by atoms with Gasteiger partial charge in [0.1, 0.15) is 11.2 Å². The van der Waals surface area contributed by atoms with Crippen LogP contribution in [0.15, 0.2) is 258 Å². The molecule has 18 rings (SSSR count). The number of benzene rings is 13. The lowest BCUT2D eigenvalue weighted by Crippen LogP contribution is -2.33. The molecular weight excluding hydrogens is 1120 g/mol. The summed E-state index contributed by atoms with van der Waals surface area (Å²) in [4.78, 5) is 12.6. The molecule has 16 aromatic rings. The first kappa shape index (κ1) is 53.4. The molecule has 0 saturated heterocycles. The number of fused-ring (bicyclic) bond motifs is 22. The third kappa shape index (κ3) is 7.36. The van der Waals surface area contributed by atoms with Crippen LogP contribution >= 0.6 is 0 Å². The van der Waals surface area contributed by atoms with Crippen LogP contribution < -0.4 is 9.80 Å². The monoisotopic (exact) mass is 1180 g/mol. The lowest BCUT2D eigenvalue weighted by atomic mass is 9.65.